The molecule has 0 saturated heterocycles. The maximum absolute atomic E-state index is 12.3. The summed E-state index contributed by atoms with van der Waals surface area (Å²) >= 11 is 0.515. The van der Waals surface area contributed by atoms with Gasteiger partial charge in [-0.25, -0.2) is 0 Å². The maximum atomic E-state index is 12.3. The normalized spacial score (nSPS) is 11.3. The molecule has 0 fully saturated rings. The number of nitrogens with zero attached hydrogens (tertiary/aromatic N) is 2. The molecule has 20 heavy (non-hydrogen) atoms. The van der Waals surface area contributed by atoms with E-state index in [1.165, 1.54) is 0 Å². The predicted octanol–water partition coefficient (Wildman–Crippen LogP) is 3.47. The zero-order valence-corrected chi connectivity index (χ0v) is 11.3. The lowest BCUT2D eigenvalue weighted by Gasteiger charge is -2.06. The highest BCUT2D eigenvalue weighted by Gasteiger charge is 2.35. The molecule has 0 radical (unpaired) electrons. The van der Waals surface area contributed by atoms with Gasteiger partial charge in [0.2, 0.25) is 10.1 Å². The Morgan fingerprint density at radius 1 is 1.00 bits per heavy atom. The minimum absolute atomic E-state index is 0.192. The minimum Gasteiger partial charge on any atom is -0.385 e. The SMILES string of the molecule is FC(F)(F)c1nnc(NCCCNc2ccccc2)s1. The molecule has 0 aliphatic heterocycles. The summed E-state index contributed by atoms with van der Waals surface area (Å²) in [4.78, 5) is 0. The first-order chi connectivity index (χ1) is 9.55. The van der Waals surface area contributed by atoms with Crippen molar-refractivity contribution in [1.29, 1.82) is 0 Å². The van der Waals surface area contributed by atoms with Crippen LogP contribution in [0.3, 0.4) is 0 Å². The second kappa shape index (κ2) is 6.56. The third-order valence-electron chi connectivity index (χ3n) is 2.40. The van der Waals surface area contributed by atoms with Crippen molar-refractivity contribution in [2.24, 2.45) is 0 Å². The Bertz CT molecular complexity index is 527. The average Bonchev–Trinajstić information content (AvgIpc) is 2.88. The van der Waals surface area contributed by atoms with Crippen molar-refractivity contribution < 1.29 is 13.2 Å². The van der Waals surface area contributed by atoms with E-state index in [0.717, 1.165) is 18.7 Å². The molecule has 0 saturated carbocycles. The largest absolute Gasteiger partial charge is 0.445 e. The third kappa shape index (κ3) is 4.37. The highest BCUT2D eigenvalue weighted by molar-refractivity contribution is 7.15. The van der Waals surface area contributed by atoms with Crippen molar-refractivity contribution in [1.82, 2.24) is 10.2 Å². The van der Waals surface area contributed by atoms with Crippen molar-refractivity contribution in [3.8, 4) is 0 Å². The van der Waals surface area contributed by atoms with E-state index in [-0.39, 0.29) is 5.13 Å². The number of anilines is 2. The van der Waals surface area contributed by atoms with Gasteiger partial charge in [0.15, 0.2) is 0 Å². The number of hydrogen-bond acceptors (Lipinski definition) is 5. The monoisotopic (exact) mass is 302 g/mol. The van der Waals surface area contributed by atoms with Crippen LogP contribution in [0.4, 0.5) is 24.0 Å². The van der Waals surface area contributed by atoms with Gasteiger partial charge < -0.3 is 10.6 Å². The molecule has 4 nitrogen and oxygen atoms in total. The van der Waals surface area contributed by atoms with Crippen LogP contribution in [0, 0.1) is 0 Å². The Kier molecular flexibility index (Phi) is 4.78. The van der Waals surface area contributed by atoms with Crippen LogP contribution in [0.2, 0.25) is 0 Å². The summed E-state index contributed by atoms with van der Waals surface area (Å²) in [6.45, 7) is 1.26. The molecule has 8 heteroatoms. The van der Waals surface area contributed by atoms with Gasteiger partial charge in [-0.15, -0.1) is 10.2 Å². The van der Waals surface area contributed by atoms with E-state index in [1.807, 2.05) is 30.3 Å². The Labute approximate surface area is 118 Å². The van der Waals surface area contributed by atoms with Gasteiger partial charge in [-0.2, -0.15) is 13.2 Å². The van der Waals surface area contributed by atoms with Crippen molar-refractivity contribution in [3.05, 3.63) is 35.3 Å². The summed E-state index contributed by atoms with van der Waals surface area (Å²) < 4.78 is 36.9. The van der Waals surface area contributed by atoms with Crippen LogP contribution < -0.4 is 10.6 Å². The Morgan fingerprint density at radius 3 is 2.35 bits per heavy atom. The van der Waals surface area contributed by atoms with Crippen LogP contribution in [0.15, 0.2) is 30.3 Å². The first kappa shape index (κ1) is 14.6. The quantitative estimate of drug-likeness (QED) is 0.802. The molecule has 2 rings (SSSR count). The Hall–Kier alpha value is -1.83. The molecule has 0 amide bonds. The van der Waals surface area contributed by atoms with Gasteiger partial charge in [0.1, 0.15) is 0 Å². The Balaban J connectivity index is 1.67. The maximum Gasteiger partial charge on any atom is 0.445 e. The number of aromatic nitrogens is 2. The molecule has 0 atom stereocenters. The molecule has 0 unspecified atom stereocenters. The molecule has 0 bridgehead atoms. The summed E-state index contributed by atoms with van der Waals surface area (Å²) in [5, 5.41) is 11.9. The lowest BCUT2D eigenvalue weighted by Crippen LogP contribution is -2.08. The first-order valence-corrected chi connectivity index (χ1v) is 6.81. The van der Waals surface area contributed by atoms with Gasteiger partial charge in [-0.05, 0) is 18.6 Å². The minimum atomic E-state index is -4.42. The highest BCUT2D eigenvalue weighted by Crippen LogP contribution is 2.32. The number of para-hydroxylation sites is 1. The number of halogens is 3. The van der Waals surface area contributed by atoms with Gasteiger partial charge >= 0.3 is 6.18 Å². The molecule has 2 aromatic rings. The zero-order chi connectivity index (χ0) is 14.4. The van der Waals surface area contributed by atoms with E-state index in [0.29, 0.717) is 17.9 Å². The lowest BCUT2D eigenvalue weighted by atomic mass is 10.3. The molecule has 1 aromatic carbocycles. The summed E-state index contributed by atoms with van der Waals surface area (Å²) in [6.07, 6.45) is -3.66. The fourth-order valence-corrected chi connectivity index (χ4v) is 2.12. The molecule has 0 spiro atoms. The zero-order valence-electron chi connectivity index (χ0n) is 10.4. The first-order valence-electron chi connectivity index (χ1n) is 5.99. The second-order valence-electron chi connectivity index (χ2n) is 3.98. The van der Waals surface area contributed by atoms with Crippen LogP contribution in [-0.4, -0.2) is 23.3 Å². The van der Waals surface area contributed by atoms with Crippen molar-refractivity contribution in [2.45, 2.75) is 12.6 Å². The van der Waals surface area contributed by atoms with Gasteiger partial charge in [-0.3, -0.25) is 0 Å². The van der Waals surface area contributed by atoms with Gasteiger partial charge in [0.25, 0.3) is 0 Å². The van der Waals surface area contributed by atoms with Crippen LogP contribution in [0.5, 0.6) is 0 Å². The molecule has 108 valence electrons. The molecular weight excluding hydrogens is 289 g/mol. The van der Waals surface area contributed by atoms with Crippen molar-refractivity contribution in [3.63, 3.8) is 0 Å². The fraction of sp³-hybridized carbons (Fsp3) is 0.333. The van der Waals surface area contributed by atoms with E-state index in [2.05, 4.69) is 20.8 Å². The number of hydrogen-bond donors (Lipinski definition) is 2. The van der Waals surface area contributed by atoms with Crippen molar-refractivity contribution >= 4 is 22.2 Å². The van der Waals surface area contributed by atoms with Gasteiger partial charge in [0.05, 0.1) is 0 Å². The van der Waals surface area contributed by atoms with E-state index >= 15 is 0 Å². The summed E-state index contributed by atoms with van der Waals surface area (Å²) in [6, 6.07) is 9.70. The van der Waals surface area contributed by atoms with E-state index < -0.39 is 11.2 Å². The van der Waals surface area contributed by atoms with Crippen LogP contribution in [0.25, 0.3) is 0 Å². The number of rotatable bonds is 6. The van der Waals surface area contributed by atoms with E-state index in [4.69, 9.17) is 0 Å². The van der Waals surface area contributed by atoms with Gasteiger partial charge in [-0.1, -0.05) is 29.5 Å². The second-order valence-corrected chi connectivity index (χ2v) is 4.96. The lowest BCUT2D eigenvalue weighted by molar-refractivity contribution is -0.138. The number of benzene rings is 1. The third-order valence-corrected chi connectivity index (χ3v) is 3.33. The smallest absolute Gasteiger partial charge is 0.385 e. The molecule has 1 heterocycles. The summed E-state index contributed by atoms with van der Waals surface area (Å²) in [5.74, 6) is 0. The van der Waals surface area contributed by atoms with Crippen LogP contribution >= 0.6 is 11.3 Å². The molecular formula is C12H13F3N4S. The predicted molar refractivity (Wildman–Crippen MR) is 72.9 cm³/mol. The fourth-order valence-electron chi connectivity index (χ4n) is 1.48. The van der Waals surface area contributed by atoms with E-state index in [9.17, 15) is 13.2 Å². The van der Waals surface area contributed by atoms with Crippen LogP contribution in [0.1, 0.15) is 11.4 Å². The molecule has 0 aliphatic rings. The Morgan fingerprint density at radius 2 is 1.70 bits per heavy atom. The summed E-state index contributed by atoms with van der Waals surface area (Å²) in [5.41, 5.74) is 1.02. The molecule has 2 N–H and O–H groups in total. The number of alkyl halides is 3. The highest BCUT2D eigenvalue weighted by atomic mass is 32.1. The van der Waals surface area contributed by atoms with Crippen molar-refractivity contribution in [2.75, 3.05) is 23.7 Å². The molecule has 0 aliphatic carbocycles. The topological polar surface area (TPSA) is 49.8 Å². The van der Waals surface area contributed by atoms with Gasteiger partial charge in [0, 0.05) is 18.8 Å². The van der Waals surface area contributed by atoms with E-state index in [1.54, 1.807) is 0 Å². The summed E-state index contributed by atoms with van der Waals surface area (Å²) in [7, 11) is 0. The van der Waals surface area contributed by atoms with Crippen LogP contribution in [-0.2, 0) is 6.18 Å². The molecule has 1 aromatic heterocycles. The number of nitrogens with one attached hydrogen (secondary N) is 2. The standard InChI is InChI=1S/C12H13F3N4S/c13-12(14,15)10-18-19-11(20-10)17-8-4-7-16-9-5-2-1-3-6-9/h1-3,5-6,16H,4,7-8H2,(H,17,19). The average molecular weight is 302 g/mol.